The molecule has 0 unspecified atom stereocenters. The summed E-state index contributed by atoms with van der Waals surface area (Å²) in [5.74, 6) is 1.85. The molecule has 2 aliphatic carbocycles. The van der Waals surface area contributed by atoms with Crippen LogP contribution in [0.3, 0.4) is 0 Å². The second-order valence-electron chi connectivity index (χ2n) is 5.50. The van der Waals surface area contributed by atoms with Crippen LogP contribution in [0.5, 0.6) is 0 Å². The number of aliphatic hydroxyl groups excluding tert-OH is 1. The van der Waals surface area contributed by atoms with Crippen LogP contribution < -0.4 is 0 Å². The first-order valence-corrected chi connectivity index (χ1v) is 6.49. The standard InChI is InChI=1S/C12H18N4O2/c1-16(6-7-4-9(17)5-7)12(18)11-13-10(14-15-11)8-2-3-8/h7-9,17H,2-6H2,1H3,(H,13,14,15). The minimum atomic E-state index is -0.177. The molecule has 0 radical (unpaired) electrons. The molecule has 6 heteroatoms. The van der Waals surface area contributed by atoms with Crippen LogP contribution in [0, 0.1) is 5.92 Å². The number of nitrogens with zero attached hydrogens (tertiary/aromatic N) is 3. The zero-order chi connectivity index (χ0) is 12.7. The van der Waals surface area contributed by atoms with Gasteiger partial charge in [0.25, 0.3) is 5.91 Å². The third kappa shape index (κ3) is 2.25. The number of nitrogens with one attached hydrogen (secondary N) is 1. The van der Waals surface area contributed by atoms with E-state index >= 15 is 0 Å². The molecule has 1 amide bonds. The number of aliphatic hydroxyl groups is 1. The molecule has 2 N–H and O–H groups in total. The van der Waals surface area contributed by atoms with Gasteiger partial charge in [-0.25, -0.2) is 4.98 Å². The number of H-pyrrole nitrogens is 1. The quantitative estimate of drug-likeness (QED) is 0.816. The number of rotatable bonds is 4. The summed E-state index contributed by atoms with van der Waals surface area (Å²) < 4.78 is 0. The molecule has 1 aromatic rings. The molecule has 98 valence electrons. The number of aromatic amines is 1. The zero-order valence-corrected chi connectivity index (χ0v) is 10.5. The van der Waals surface area contributed by atoms with Gasteiger partial charge in [-0.05, 0) is 31.6 Å². The van der Waals surface area contributed by atoms with E-state index in [1.165, 1.54) is 0 Å². The first-order chi connectivity index (χ1) is 8.63. The highest BCUT2D eigenvalue weighted by Gasteiger charge is 2.31. The maximum absolute atomic E-state index is 12.1. The van der Waals surface area contributed by atoms with Crippen LogP contribution in [-0.2, 0) is 0 Å². The highest BCUT2D eigenvalue weighted by atomic mass is 16.3. The molecule has 1 heterocycles. The molecule has 0 bridgehead atoms. The summed E-state index contributed by atoms with van der Waals surface area (Å²) in [4.78, 5) is 18.0. The van der Waals surface area contributed by atoms with Gasteiger partial charge in [0.05, 0.1) is 6.10 Å². The van der Waals surface area contributed by atoms with Gasteiger partial charge in [0.2, 0.25) is 5.82 Å². The van der Waals surface area contributed by atoms with Crippen molar-refractivity contribution < 1.29 is 9.90 Å². The zero-order valence-electron chi connectivity index (χ0n) is 10.5. The lowest BCUT2D eigenvalue weighted by Gasteiger charge is -2.34. The predicted molar refractivity (Wildman–Crippen MR) is 64.0 cm³/mol. The molecule has 6 nitrogen and oxygen atoms in total. The Morgan fingerprint density at radius 1 is 1.50 bits per heavy atom. The van der Waals surface area contributed by atoms with Crippen LogP contribution in [0.2, 0.25) is 0 Å². The van der Waals surface area contributed by atoms with Crippen molar-refractivity contribution in [3.63, 3.8) is 0 Å². The van der Waals surface area contributed by atoms with E-state index in [0.29, 0.717) is 18.4 Å². The van der Waals surface area contributed by atoms with Crippen molar-refractivity contribution in [2.24, 2.45) is 5.92 Å². The van der Waals surface area contributed by atoms with E-state index in [4.69, 9.17) is 0 Å². The Hall–Kier alpha value is -1.43. The maximum atomic E-state index is 12.1. The summed E-state index contributed by atoms with van der Waals surface area (Å²) in [6.45, 7) is 0.670. The summed E-state index contributed by atoms with van der Waals surface area (Å²) >= 11 is 0. The van der Waals surface area contributed by atoms with Gasteiger partial charge < -0.3 is 10.0 Å². The largest absolute Gasteiger partial charge is 0.393 e. The number of carbonyl (C=O) groups is 1. The molecular weight excluding hydrogens is 232 g/mol. The van der Waals surface area contributed by atoms with Crippen LogP contribution in [0.4, 0.5) is 0 Å². The number of hydrogen-bond donors (Lipinski definition) is 2. The van der Waals surface area contributed by atoms with Crippen LogP contribution in [0.25, 0.3) is 0 Å². The average Bonchev–Trinajstić information content (AvgIpc) is 3.04. The van der Waals surface area contributed by atoms with E-state index in [2.05, 4.69) is 15.2 Å². The molecule has 3 rings (SSSR count). The van der Waals surface area contributed by atoms with Gasteiger partial charge >= 0.3 is 0 Å². The van der Waals surface area contributed by atoms with Crippen LogP contribution >= 0.6 is 0 Å². The lowest BCUT2D eigenvalue weighted by atomic mass is 9.82. The summed E-state index contributed by atoms with van der Waals surface area (Å²) in [6, 6.07) is 0. The monoisotopic (exact) mass is 250 g/mol. The Balaban J connectivity index is 1.58. The van der Waals surface area contributed by atoms with Crippen molar-refractivity contribution in [2.75, 3.05) is 13.6 Å². The predicted octanol–water partition coefficient (Wildman–Crippen LogP) is 0.525. The lowest BCUT2D eigenvalue weighted by molar-refractivity contribution is 0.0262. The summed E-state index contributed by atoms with van der Waals surface area (Å²) in [5.41, 5.74) is 0. The Kier molecular flexibility index (Phi) is 2.81. The smallest absolute Gasteiger partial charge is 0.293 e. The van der Waals surface area contributed by atoms with Crippen molar-refractivity contribution in [1.29, 1.82) is 0 Å². The Morgan fingerprint density at radius 2 is 2.22 bits per heavy atom. The fourth-order valence-corrected chi connectivity index (χ4v) is 2.40. The van der Waals surface area contributed by atoms with Crippen molar-refractivity contribution >= 4 is 5.91 Å². The Morgan fingerprint density at radius 3 is 2.83 bits per heavy atom. The number of aromatic nitrogens is 3. The van der Waals surface area contributed by atoms with Crippen LogP contribution in [0.15, 0.2) is 0 Å². The molecule has 1 aromatic heterocycles. The Bertz CT molecular complexity index is 449. The molecule has 0 aromatic carbocycles. The lowest BCUT2D eigenvalue weighted by Crippen LogP contribution is -2.39. The second kappa shape index (κ2) is 4.35. The maximum Gasteiger partial charge on any atom is 0.293 e. The minimum Gasteiger partial charge on any atom is -0.393 e. The van der Waals surface area contributed by atoms with E-state index in [9.17, 15) is 9.90 Å². The molecule has 0 saturated heterocycles. The highest BCUT2D eigenvalue weighted by Crippen LogP contribution is 2.37. The molecule has 0 spiro atoms. The molecule has 2 saturated carbocycles. The fraction of sp³-hybridized carbons (Fsp3) is 0.750. The third-order valence-electron chi connectivity index (χ3n) is 3.75. The van der Waals surface area contributed by atoms with Crippen molar-refractivity contribution in [1.82, 2.24) is 20.1 Å². The topological polar surface area (TPSA) is 82.1 Å². The van der Waals surface area contributed by atoms with Gasteiger partial charge in [0.15, 0.2) is 0 Å². The van der Waals surface area contributed by atoms with Crippen molar-refractivity contribution in [3.05, 3.63) is 11.6 Å². The first kappa shape index (κ1) is 11.6. The van der Waals surface area contributed by atoms with E-state index in [1.54, 1.807) is 11.9 Å². The number of hydrogen-bond acceptors (Lipinski definition) is 4. The van der Waals surface area contributed by atoms with E-state index in [-0.39, 0.29) is 17.8 Å². The highest BCUT2D eigenvalue weighted by molar-refractivity contribution is 5.90. The van der Waals surface area contributed by atoms with Gasteiger partial charge in [-0.3, -0.25) is 9.89 Å². The Labute approximate surface area is 105 Å². The van der Waals surface area contributed by atoms with Gasteiger partial charge in [0, 0.05) is 19.5 Å². The second-order valence-corrected chi connectivity index (χ2v) is 5.50. The van der Waals surface area contributed by atoms with Gasteiger partial charge in [-0.15, -0.1) is 5.10 Å². The summed E-state index contributed by atoms with van der Waals surface area (Å²) in [5, 5.41) is 16.1. The van der Waals surface area contributed by atoms with Gasteiger partial charge in [0.1, 0.15) is 5.82 Å². The summed E-state index contributed by atoms with van der Waals surface area (Å²) in [7, 11) is 1.76. The van der Waals surface area contributed by atoms with Gasteiger partial charge in [-0.2, -0.15) is 0 Å². The average molecular weight is 250 g/mol. The molecule has 2 aliphatic rings. The normalized spacial score (nSPS) is 26.8. The number of amides is 1. The summed E-state index contributed by atoms with van der Waals surface area (Å²) in [6.07, 6.45) is 3.68. The van der Waals surface area contributed by atoms with Crippen LogP contribution in [-0.4, -0.2) is 50.8 Å². The van der Waals surface area contributed by atoms with Crippen molar-refractivity contribution in [2.45, 2.75) is 37.7 Å². The first-order valence-electron chi connectivity index (χ1n) is 6.49. The fourth-order valence-electron chi connectivity index (χ4n) is 2.40. The van der Waals surface area contributed by atoms with Crippen LogP contribution in [0.1, 0.15) is 48.0 Å². The molecule has 0 atom stereocenters. The van der Waals surface area contributed by atoms with E-state index in [0.717, 1.165) is 31.5 Å². The van der Waals surface area contributed by atoms with Crippen molar-refractivity contribution in [3.8, 4) is 0 Å². The SMILES string of the molecule is CN(CC1CC(O)C1)C(=O)c1n[nH]c(C2CC2)n1. The molecule has 2 fully saturated rings. The van der Waals surface area contributed by atoms with Gasteiger partial charge in [-0.1, -0.05) is 0 Å². The van der Waals surface area contributed by atoms with E-state index < -0.39 is 0 Å². The molecule has 18 heavy (non-hydrogen) atoms. The number of carbonyl (C=O) groups excluding carboxylic acids is 1. The minimum absolute atomic E-state index is 0.139. The van der Waals surface area contributed by atoms with E-state index in [1.807, 2.05) is 0 Å². The molecular formula is C12H18N4O2. The molecule has 0 aliphatic heterocycles. The third-order valence-corrected chi connectivity index (χ3v) is 3.75.